The Morgan fingerprint density at radius 3 is 1.68 bits per heavy atom. The van der Waals surface area contributed by atoms with E-state index in [2.05, 4.69) is 0 Å². The Morgan fingerprint density at radius 2 is 1.36 bits per heavy atom. The van der Waals surface area contributed by atoms with Crippen LogP contribution in [0.1, 0.15) is 34.6 Å². The van der Waals surface area contributed by atoms with Crippen molar-refractivity contribution in [3.8, 4) is 0 Å². The van der Waals surface area contributed by atoms with Crippen molar-refractivity contribution < 1.29 is 28.6 Å². The van der Waals surface area contributed by atoms with Crippen LogP contribution in [0.15, 0.2) is 0 Å². The summed E-state index contributed by atoms with van der Waals surface area (Å²) in [7, 11) is 0. The number of amides is 1. The van der Waals surface area contributed by atoms with Crippen LogP contribution < -0.4 is 0 Å². The lowest BCUT2D eigenvalue weighted by molar-refractivity contribution is -0.157. The van der Waals surface area contributed by atoms with Gasteiger partial charge in [0.05, 0.1) is 25.0 Å². The van der Waals surface area contributed by atoms with Crippen LogP contribution in [0.3, 0.4) is 0 Å². The number of likely N-dealkylation sites (tertiary alicyclic amines) is 1. The highest BCUT2D eigenvalue weighted by atomic mass is 16.6. The topological polar surface area (TPSA) is 82.1 Å². The van der Waals surface area contributed by atoms with E-state index in [4.69, 9.17) is 14.2 Å². The Morgan fingerprint density at radius 1 is 0.955 bits per heavy atom. The van der Waals surface area contributed by atoms with Crippen molar-refractivity contribution in [1.82, 2.24) is 4.90 Å². The van der Waals surface area contributed by atoms with Gasteiger partial charge in [0.25, 0.3) is 0 Å². The molecule has 0 aliphatic carbocycles. The second kappa shape index (κ2) is 7.47. The zero-order valence-corrected chi connectivity index (χ0v) is 13.9. The van der Waals surface area contributed by atoms with Crippen LogP contribution in [0.2, 0.25) is 0 Å². The van der Waals surface area contributed by atoms with Crippen LogP contribution >= 0.6 is 0 Å². The molecule has 2 atom stereocenters. The van der Waals surface area contributed by atoms with E-state index in [0.717, 1.165) is 0 Å². The van der Waals surface area contributed by atoms with Gasteiger partial charge in [0.1, 0.15) is 5.60 Å². The van der Waals surface area contributed by atoms with E-state index >= 15 is 0 Å². The summed E-state index contributed by atoms with van der Waals surface area (Å²) in [4.78, 5) is 37.5. The smallest absolute Gasteiger partial charge is 0.410 e. The molecule has 0 aromatic rings. The normalized spacial score (nSPS) is 21.4. The lowest BCUT2D eigenvalue weighted by Crippen LogP contribution is -2.36. The van der Waals surface area contributed by atoms with E-state index in [1.807, 2.05) is 0 Å². The van der Waals surface area contributed by atoms with Gasteiger partial charge >= 0.3 is 18.0 Å². The van der Waals surface area contributed by atoms with E-state index in [-0.39, 0.29) is 26.3 Å². The van der Waals surface area contributed by atoms with Gasteiger partial charge < -0.3 is 19.1 Å². The van der Waals surface area contributed by atoms with Crippen LogP contribution in [0.5, 0.6) is 0 Å². The lowest BCUT2D eigenvalue weighted by atomic mass is 9.96. The minimum absolute atomic E-state index is 0.0945. The zero-order chi connectivity index (χ0) is 16.9. The first kappa shape index (κ1) is 18.3. The lowest BCUT2D eigenvalue weighted by Gasteiger charge is -2.24. The molecule has 126 valence electrons. The monoisotopic (exact) mass is 315 g/mol. The zero-order valence-electron chi connectivity index (χ0n) is 13.9. The second-order valence-electron chi connectivity index (χ2n) is 6.10. The first-order chi connectivity index (χ1) is 10.2. The highest BCUT2D eigenvalue weighted by Gasteiger charge is 2.46. The predicted octanol–water partition coefficient (Wildman–Crippen LogP) is 1.60. The van der Waals surface area contributed by atoms with Gasteiger partial charge in [-0.1, -0.05) is 0 Å². The van der Waals surface area contributed by atoms with Gasteiger partial charge in [-0.25, -0.2) is 4.79 Å². The van der Waals surface area contributed by atoms with Crippen LogP contribution in [0.25, 0.3) is 0 Å². The van der Waals surface area contributed by atoms with Gasteiger partial charge in [0.15, 0.2) is 0 Å². The number of esters is 2. The Bertz CT molecular complexity index is 402. The maximum absolute atomic E-state index is 12.1. The molecule has 0 saturated carbocycles. The molecule has 0 unspecified atom stereocenters. The molecular weight excluding hydrogens is 290 g/mol. The summed E-state index contributed by atoms with van der Waals surface area (Å²) in [5.41, 5.74) is -0.640. The third-order valence-corrected chi connectivity index (χ3v) is 3.15. The Kier molecular flexibility index (Phi) is 6.20. The molecule has 0 aromatic carbocycles. The summed E-state index contributed by atoms with van der Waals surface area (Å²) >= 11 is 0. The third kappa shape index (κ3) is 4.89. The van der Waals surface area contributed by atoms with E-state index in [1.54, 1.807) is 34.6 Å². The minimum Gasteiger partial charge on any atom is -0.466 e. The van der Waals surface area contributed by atoms with Crippen molar-refractivity contribution in [2.24, 2.45) is 11.8 Å². The van der Waals surface area contributed by atoms with Gasteiger partial charge in [-0.3, -0.25) is 9.59 Å². The summed E-state index contributed by atoms with van der Waals surface area (Å²) in [5.74, 6) is -2.42. The Hall–Kier alpha value is -1.79. The molecule has 1 fully saturated rings. The standard InChI is InChI=1S/C15H25NO6/c1-6-20-12(17)10-8-16(14(19)22-15(3,4)5)9-11(10)13(18)21-7-2/h10-11H,6-9H2,1-5H3/t10-,11-/m0/s1. The molecule has 0 N–H and O–H groups in total. The van der Waals surface area contributed by atoms with Crippen LogP contribution in [0.4, 0.5) is 4.79 Å². The average Bonchev–Trinajstić information content (AvgIpc) is 2.82. The quantitative estimate of drug-likeness (QED) is 0.579. The van der Waals surface area contributed by atoms with E-state index in [9.17, 15) is 14.4 Å². The molecule has 0 bridgehead atoms. The summed E-state index contributed by atoms with van der Waals surface area (Å²) in [6.45, 7) is 9.28. The van der Waals surface area contributed by atoms with Crippen LogP contribution in [0, 0.1) is 11.8 Å². The molecule has 0 radical (unpaired) electrons. The summed E-state index contributed by atoms with van der Waals surface area (Å²) in [6, 6.07) is 0. The highest BCUT2D eigenvalue weighted by Crippen LogP contribution is 2.27. The van der Waals surface area contributed by atoms with Crippen LogP contribution in [-0.2, 0) is 23.8 Å². The maximum Gasteiger partial charge on any atom is 0.410 e. The molecule has 1 heterocycles. The molecule has 1 amide bonds. The van der Waals surface area contributed by atoms with Crippen molar-refractivity contribution in [3.05, 3.63) is 0 Å². The number of carbonyl (C=O) groups excluding carboxylic acids is 3. The van der Waals surface area contributed by atoms with E-state index in [1.165, 1.54) is 4.90 Å². The molecule has 1 aliphatic rings. The van der Waals surface area contributed by atoms with Gasteiger partial charge in [-0.05, 0) is 34.6 Å². The third-order valence-electron chi connectivity index (χ3n) is 3.15. The molecular formula is C15H25NO6. The molecule has 1 rings (SSSR count). The SMILES string of the molecule is CCOC(=O)[C@H]1CN(C(=O)OC(C)(C)C)C[C@@H]1C(=O)OCC. The second-order valence-corrected chi connectivity index (χ2v) is 6.10. The number of ether oxygens (including phenoxy) is 3. The molecule has 7 heteroatoms. The molecule has 1 saturated heterocycles. The fourth-order valence-corrected chi connectivity index (χ4v) is 2.26. The summed E-state index contributed by atoms with van der Waals surface area (Å²) in [5, 5.41) is 0. The number of hydrogen-bond acceptors (Lipinski definition) is 6. The van der Waals surface area contributed by atoms with Gasteiger partial charge in [0, 0.05) is 13.1 Å². The van der Waals surface area contributed by atoms with Crippen LogP contribution in [-0.4, -0.2) is 54.8 Å². The van der Waals surface area contributed by atoms with E-state index < -0.39 is 35.5 Å². The van der Waals surface area contributed by atoms with Gasteiger partial charge in [-0.15, -0.1) is 0 Å². The molecule has 0 aromatic heterocycles. The first-order valence-corrected chi connectivity index (χ1v) is 7.50. The number of carbonyl (C=O) groups is 3. The van der Waals surface area contributed by atoms with Crippen molar-refractivity contribution in [1.29, 1.82) is 0 Å². The molecule has 7 nitrogen and oxygen atoms in total. The predicted molar refractivity (Wildman–Crippen MR) is 78.1 cm³/mol. The molecule has 22 heavy (non-hydrogen) atoms. The van der Waals surface area contributed by atoms with E-state index in [0.29, 0.717) is 0 Å². The fourth-order valence-electron chi connectivity index (χ4n) is 2.26. The Balaban J connectivity index is 2.83. The largest absolute Gasteiger partial charge is 0.466 e. The minimum atomic E-state index is -0.716. The fraction of sp³-hybridized carbons (Fsp3) is 0.800. The van der Waals surface area contributed by atoms with Gasteiger partial charge in [-0.2, -0.15) is 0 Å². The average molecular weight is 315 g/mol. The first-order valence-electron chi connectivity index (χ1n) is 7.50. The Labute approximate surface area is 130 Å². The summed E-state index contributed by atoms with van der Waals surface area (Å²) < 4.78 is 15.3. The highest BCUT2D eigenvalue weighted by molar-refractivity contribution is 5.85. The van der Waals surface area contributed by atoms with Crippen molar-refractivity contribution in [3.63, 3.8) is 0 Å². The van der Waals surface area contributed by atoms with Crippen molar-refractivity contribution >= 4 is 18.0 Å². The number of hydrogen-bond donors (Lipinski definition) is 0. The molecule has 0 spiro atoms. The number of rotatable bonds is 4. The summed E-state index contributed by atoms with van der Waals surface area (Å²) in [6.07, 6.45) is -0.548. The number of nitrogens with zero attached hydrogens (tertiary/aromatic N) is 1. The van der Waals surface area contributed by atoms with Gasteiger partial charge in [0.2, 0.25) is 0 Å². The van der Waals surface area contributed by atoms with Crippen molar-refractivity contribution in [2.75, 3.05) is 26.3 Å². The maximum atomic E-state index is 12.1. The molecule has 1 aliphatic heterocycles. The van der Waals surface area contributed by atoms with Crippen molar-refractivity contribution in [2.45, 2.75) is 40.2 Å².